The van der Waals surface area contributed by atoms with Crippen LogP contribution >= 0.6 is 0 Å². The van der Waals surface area contributed by atoms with Crippen molar-refractivity contribution in [3.63, 3.8) is 0 Å². The molecule has 2 aromatic carbocycles. The number of nitrogens with zero attached hydrogens (tertiary/aromatic N) is 1. The Morgan fingerprint density at radius 3 is 2.56 bits per heavy atom. The Morgan fingerprint density at radius 1 is 1.07 bits per heavy atom. The third-order valence-electron chi connectivity index (χ3n) is 5.92. The lowest BCUT2D eigenvalue weighted by molar-refractivity contribution is 0.0410. The third kappa shape index (κ3) is 2.86. The van der Waals surface area contributed by atoms with Crippen LogP contribution in [0.15, 0.2) is 36.4 Å². The number of hydrogen-bond donors (Lipinski definition) is 1. The molecule has 0 aliphatic carbocycles. The Bertz CT molecular complexity index is 872. The number of methoxy groups -OCH3 is 2. The second kappa shape index (κ2) is 6.89. The monoisotopic (exact) mass is 366 g/mol. The van der Waals surface area contributed by atoms with E-state index in [1.165, 1.54) is 11.1 Å². The van der Waals surface area contributed by atoms with Gasteiger partial charge in [0.15, 0.2) is 0 Å². The SMILES string of the molecule is COc1ccc(CN2C(=O)c3ccc(C)cc3C23CCNCC3)c(OC)c1. The number of amides is 1. The molecule has 0 radical (unpaired) electrons. The second-order valence-electron chi connectivity index (χ2n) is 7.40. The minimum absolute atomic E-state index is 0.116. The van der Waals surface area contributed by atoms with E-state index in [1.807, 2.05) is 30.3 Å². The van der Waals surface area contributed by atoms with Crippen molar-refractivity contribution in [2.45, 2.75) is 31.8 Å². The van der Waals surface area contributed by atoms with E-state index in [9.17, 15) is 4.79 Å². The van der Waals surface area contributed by atoms with E-state index in [-0.39, 0.29) is 11.4 Å². The van der Waals surface area contributed by atoms with Crippen LogP contribution in [0.25, 0.3) is 0 Å². The maximum Gasteiger partial charge on any atom is 0.255 e. The highest BCUT2D eigenvalue weighted by atomic mass is 16.5. The van der Waals surface area contributed by atoms with Gasteiger partial charge in [-0.05, 0) is 56.6 Å². The van der Waals surface area contributed by atoms with Crippen LogP contribution < -0.4 is 14.8 Å². The van der Waals surface area contributed by atoms with Gasteiger partial charge in [0.25, 0.3) is 5.91 Å². The molecule has 1 spiro atoms. The molecule has 27 heavy (non-hydrogen) atoms. The molecule has 142 valence electrons. The Labute approximate surface area is 160 Å². The largest absolute Gasteiger partial charge is 0.497 e. The Balaban J connectivity index is 1.77. The van der Waals surface area contributed by atoms with Crippen molar-refractivity contribution in [2.75, 3.05) is 27.3 Å². The second-order valence-corrected chi connectivity index (χ2v) is 7.40. The van der Waals surface area contributed by atoms with Gasteiger partial charge in [0.05, 0.1) is 26.3 Å². The standard InChI is InChI=1S/C22H26N2O3/c1-15-4-7-18-19(12-15)22(8-10-23-11-9-22)24(21(18)25)14-16-5-6-17(26-2)13-20(16)27-3/h4-7,12-13,23H,8-11,14H2,1-3H3. The molecule has 5 heteroatoms. The summed E-state index contributed by atoms with van der Waals surface area (Å²) in [5, 5.41) is 3.44. The lowest BCUT2D eigenvalue weighted by Gasteiger charge is -2.42. The fourth-order valence-corrected chi connectivity index (χ4v) is 4.47. The number of hydrogen-bond acceptors (Lipinski definition) is 4. The van der Waals surface area contributed by atoms with Crippen LogP contribution in [0.1, 0.15) is 39.9 Å². The summed E-state index contributed by atoms with van der Waals surface area (Å²) in [6.45, 7) is 4.45. The van der Waals surface area contributed by atoms with E-state index in [0.717, 1.165) is 48.6 Å². The van der Waals surface area contributed by atoms with Crippen molar-refractivity contribution < 1.29 is 14.3 Å². The molecule has 4 rings (SSSR count). The van der Waals surface area contributed by atoms with E-state index in [2.05, 4.69) is 23.2 Å². The zero-order valence-corrected chi connectivity index (χ0v) is 16.2. The Kier molecular flexibility index (Phi) is 4.56. The molecule has 0 unspecified atom stereocenters. The van der Waals surface area contributed by atoms with Gasteiger partial charge in [-0.15, -0.1) is 0 Å². The van der Waals surface area contributed by atoms with E-state index < -0.39 is 0 Å². The number of carbonyl (C=O) groups excluding carboxylic acids is 1. The maximum atomic E-state index is 13.3. The van der Waals surface area contributed by atoms with Crippen LogP contribution in [0, 0.1) is 6.92 Å². The molecular formula is C22H26N2O3. The molecule has 2 heterocycles. The highest BCUT2D eigenvalue weighted by Gasteiger charge is 2.49. The normalized spacial score (nSPS) is 17.9. The number of fused-ring (bicyclic) bond motifs is 2. The Hall–Kier alpha value is -2.53. The third-order valence-corrected chi connectivity index (χ3v) is 5.92. The van der Waals surface area contributed by atoms with Crippen molar-refractivity contribution in [1.29, 1.82) is 0 Å². The number of piperidine rings is 1. The molecule has 2 aliphatic heterocycles. The van der Waals surface area contributed by atoms with Crippen LogP contribution in [-0.4, -0.2) is 38.1 Å². The van der Waals surface area contributed by atoms with Gasteiger partial charge in [0, 0.05) is 17.2 Å². The van der Waals surface area contributed by atoms with Crippen molar-refractivity contribution in [3.8, 4) is 11.5 Å². The molecule has 1 amide bonds. The number of rotatable bonds is 4. The van der Waals surface area contributed by atoms with Gasteiger partial charge in [-0.2, -0.15) is 0 Å². The van der Waals surface area contributed by atoms with Crippen LogP contribution in [0.3, 0.4) is 0 Å². The van der Waals surface area contributed by atoms with E-state index in [1.54, 1.807) is 14.2 Å². The van der Waals surface area contributed by atoms with Gasteiger partial charge >= 0.3 is 0 Å². The fraction of sp³-hybridized carbons (Fsp3) is 0.409. The van der Waals surface area contributed by atoms with Crippen LogP contribution in [0.4, 0.5) is 0 Å². The van der Waals surface area contributed by atoms with Gasteiger partial charge in [0.2, 0.25) is 0 Å². The lowest BCUT2D eigenvalue weighted by Crippen LogP contribution is -2.50. The van der Waals surface area contributed by atoms with Gasteiger partial charge in [0.1, 0.15) is 11.5 Å². The highest BCUT2D eigenvalue weighted by molar-refractivity contribution is 6.00. The molecule has 1 saturated heterocycles. The van der Waals surface area contributed by atoms with Gasteiger partial charge in [-0.25, -0.2) is 0 Å². The topological polar surface area (TPSA) is 50.8 Å². The van der Waals surface area contributed by atoms with Crippen molar-refractivity contribution in [1.82, 2.24) is 10.2 Å². The molecular weight excluding hydrogens is 340 g/mol. The maximum absolute atomic E-state index is 13.3. The molecule has 2 aliphatic rings. The van der Waals surface area contributed by atoms with Crippen LogP contribution in [0.2, 0.25) is 0 Å². The average molecular weight is 366 g/mol. The number of carbonyl (C=O) groups is 1. The zero-order chi connectivity index (χ0) is 19.0. The quantitative estimate of drug-likeness (QED) is 0.903. The van der Waals surface area contributed by atoms with E-state index >= 15 is 0 Å². The lowest BCUT2D eigenvalue weighted by atomic mass is 9.80. The van der Waals surface area contributed by atoms with Gasteiger partial charge < -0.3 is 19.7 Å². The molecule has 0 saturated carbocycles. The van der Waals surface area contributed by atoms with E-state index in [4.69, 9.17) is 9.47 Å². The fourth-order valence-electron chi connectivity index (χ4n) is 4.47. The number of ether oxygens (including phenoxy) is 2. The Morgan fingerprint density at radius 2 is 1.85 bits per heavy atom. The highest BCUT2D eigenvalue weighted by Crippen LogP contribution is 2.46. The summed E-state index contributed by atoms with van der Waals surface area (Å²) in [5.74, 6) is 1.61. The molecule has 2 aromatic rings. The summed E-state index contributed by atoms with van der Waals surface area (Å²) in [5.41, 5.74) is 3.98. The van der Waals surface area contributed by atoms with Crippen LogP contribution in [-0.2, 0) is 12.1 Å². The van der Waals surface area contributed by atoms with Gasteiger partial charge in [-0.3, -0.25) is 4.79 Å². The molecule has 0 bridgehead atoms. The zero-order valence-electron chi connectivity index (χ0n) is 16.2. The van der Waals surface area contributed by atoms with E-state index in [0.29, 0.717) is 6.54 Å². The summed E-state index contributed by atoms with van der Waals surface area (Å²) in [7, 11) is 3.30. The number of benzene rings is 2. The first kappa shape index (κ1) is 17.9. The molecule has 5 nitrogen and oxygen atoms in total. The number of nitrogens with one attached hydrogen (secondary N) is 1. The summed E-state index contributed by atoms with van der Waals surface area (Å²) in [6, 6.07) is 12.0. The minimum atomic E-state index is -0.241. The van der Waals surface area contributed by atoms with Gasteiger partial charge in [-0.1, -0.05) is 17.7 Å². The van der Waals surface area contributed by atoms with Crippen molar-refractivity contribution in [2.24, 2.45) is 0 Å². The molecule has 0 aromatic heterocycles. The minimum Gasteiger partial charge on any atom is -0.497 e. The summed E-state index contributed by atoms with van der Waals surface area (Å²) >= 11 is 0. The molecule has 0 atom stereocenters. The first-order valence-electron chi connectivity index (χ1n) is 9.44. The van der Waals surface area contributed by atoms with Crippen LogP contribution in [0.5, 0.6) is 11.5 Å². The average Bonchev–Trinajstić information content (AvgIpc) is 2.91. The van der Waals surface area contributed by atoms with Crippen molar-refractivity contribution in [3.05, 3.63) is 58.7 Å². The smallest absolute Gasteiger partial charge is 0.255 e. The predicted molar refractivity (Wildman–Crippen MR) is 104 cm³/mol. The summed E-state index contributed by atoms with van der Waals surface area (Å²) in [6.07, 6.45) is 1.85. The van der Waals surface area contributed by atoms with Crippen molar-refractivity contribution >= 4 is 5.91 Å². The predicted octanol–water partition coefficient (Wildman–Crippen LogP) is 3.25. The molecule has 1 N–H and O–H groups in total. The first-order valence-corrected chi connectivity index (χ1v) is 9.44. The number of aryl methyl sites for hydroxylation is 1. The summed E-state index contributed by atoms with van der Waals surface area (Å²) in [4.78, 5) is 15.4. The summed E-state index contributed by atoms with van der Waals surface area (Å²) < 4.78 is 10.9. The molecule has 1 fully saturated rings. The first-order chi connectivity index (χ1) is 13.1.